The Kier molecular flexibility index (Phi) is 3.76. The summed E-state index contributed by atoms with van der Waals surface area (Å²) < 4.78 is 32.9. The standard InChI is InChI=1S/C11H18N2O4S/c1-12-7-11(5-9(12)8-14)18(15,16)13-4-3-10(6-13)17-2/h5,7,10,14H,3-4,6,8H2,1-2H3. The van der Waals surface area contributed by atoms with Crippen molar-refractivity contribution in [2.75, 3.05) is 20.2 Å². The van der Waals surface area contributed by atoms with E-state index in [1.807, 2.05) is 0 Å². The van der Waals surface area contributed by atoms with Crippen molar-refractivity contribution in [3.63, 3.8) is 0 Å². The van der Waals surface area contributed by atoms with Crippen molar-refractivity contribution in [1.29, 1.82) is 0 Å². The summed E-state index contributed by atoms with van der Waals surface area (Å²) in [5, 5.41) is 9.09. The van der Waals surface area contributed by atoms with Gasteiger partial charge in [-0.25, -0.2) is 8.42 Å². The number of aryl methyl sites for hydroxylation is 1. The molecule has 7 heteroatoms. The van der Waals surface area contributed by atoms with Gasteiger partial charge in [-0.05, 0) is 12.5 Å². The first kappa shape index (κ1) is 13.5. The second kappa shape index (κ2) is 5.00. The maximum Gasteiger partial charge on any atom is 0.244 e. The molecule has 6 nitrogen and oxygen atoms in total. The second-order valence-corrected chi connectivity index (χ2v) is 6.38. The fourth-order valence-corrected chi connectivity index (χ4v) is 3.72. The number of aliphatic hydroxyl groups is 1. The molecule has 1 unspecified atom stereocenters. The third-order valence-corrected chi connectivity index (χ3v) is 5.15. The lowest BCUT2D eigenvalue weighted by molar-refractivity contribution is 0.115. The Balaban J connectivity index is 2.25. The van der Waals surface area contributed by atoms with E-state index in [0.717, 1.165) is 6.42 Å². The topological polar surface area (TPSA) is 71.8 Å². The van der Waals surface area contributed by atoms with Crippen LogP contribution in [0.4, 0.5) is 0 Å². The number of hydrogen-bond acceptors (Lipinski definition) is 4. The quantitative estimate of drug-likeness (QED) is 0.834. The molecule has 0 amide bonds. The van der Waals surface area contributed by atoms with E-state index >= 15 is 0 Å². The summed E-state index contributed by atoms with van der Waals surface area (Å²) in [7, 11) is -0.167. The fraction of sp³-hybridized carbons (Fsp3) is 0.636. The number of methoxy groups -OCH3 is 1. The molecule has 0 radical (unpaired) electrons. The highest BCUT2D eigenvalue weighted by atomic mass is 32.2. The van der Waals surface area contributed by atoms with E-state index in [2.05, 4.69) is 0 Å². The van der Waals surface area contributed by atoms with Crippen LogP contribution in [0.1, 0.15) is 12.1 Å². The molecule has 2 rings (SSSR count). The molecule has 102 valence electrons. The van der Waals surface area contributed by atoms with Gasteiger partial charge >= 0.3 is 0 Å². The first-order valence-electron chi connectivity index (χ1n) is 5.78. The molecule has 1 fully saturated rings. The average Bonchev–Trinajstić information content (AvgIpc) is 2.95. The number of ether oxygens (including phenoxy) is 1. The summed E-state index contributed by atoms with van der Waals surface area (Å²) >= 11 is 0. The number of hydrogen-bond donors (Lipinski definition) is 1. The van der Waals surface area contributed by atoms with Gasteiger partial charge in [-0.15, -0.1) is 0 Å². The van der Waals surface area contributed by atoms with Crippen molar-refractivity contribution < 1.29 is 18.3 Å². The monoisotopic (exact) mass is 274 g/mol. The minimum atomic E-state index is -3.47. The van der Waals surface area contributed by atoms with Gasteiger partial charge < -0.3 is 14.4 Å². The lowest BCUT2D eigenvalue weighted by Gasteiger charge is -2.14. The van der Waals surface area contributed by atoms with Crippen LogP contribution in [0.15, 0.2) is 17.2 Å². The zero-order chi connectivity index (χ0) is 13.3. The molecule has 1 atom stereocenters. The van der Waals surface area contributed by atoms with Gasteiger partial charge in [-0.2, -0.15) is 4.31 Å². The highest BCUT2D eigenvalue weighted by molar-refractivity contribution is 7.89. The van der Waals surface area contributed by atoms with Crippen LogP contribution < -0.4 is 0 Å². The van der Waals surface area contributed by atoms with Crippen LogP contribution in [0.5, 0.6) is 0 Å². The largest absolute Gasteiger partial charge is 0.390 e. The molecule has 0 saturated carbocycles. The molecular formula is C11H18N2O4S. The molecular weight excluding hydrogens is 256 g/mol. The zero-order valence-corrected chi connectivity index (χ0v) is 11.4. The van der Waals surface area contributed by atoms with E-state index in [9.17, 15) is 8.42 Å². The van der Waals surface area contributed by atoms with Crippen molar-refractivity contribution in [2.45, 2.75) is 24.0 Å². The molecule has 1 N–H and O–H groups in total. The SMILES string of the molecule is COC1CCN(S(=O)(=O)c2cc(CO)n(C)c2)C1. The smallest absolute Gasteiger partial charge is 0.244 e. The molecule has 2 heterocycles. The molecule has 1 aromatic heterocycles. The minimum Gasteiger partial charge on any atom is -0.390 e. The summed E-state index contributed by atoms with van der Waals surface area (Å²) in [6.45, 7) is 0.694. The van der Waals surface area contributed by atoms with Gasteiger partial charge in [0.05, 0.1) is 12.7 Å². The maximum atomic E-state index is 12.4. The van der Waals surface area contributed by atoms with Crippen LogP contribution in [0.3, 0.4) is 0 Å². The highest BCUT2D eigenvalue weighted by Gasteiger charge is 2.33. The van der Waals surface area contributed by atoms with E-state index in [0.29, 0.717) is 18.8 Å². The summed E-state index contributed by atoms with van der Waals surface area (Å²) in [4.78, 5) is 0.228. The number of rotatable bonds is 4. The van der Waals surface area contributed by atoms with Crippen molar-refractivity contribution >= 4 is 10.0 Å². The van der Waals surface area contributed by atoms with Crippen LogP contribution in [0.2, 0.25) is 0 Å². The normalized spacial score (nSPS) is 21.6. The Morgan fingerprint density at radius 1 is 1.56 bits per heavy atom. The van der Waals surface area contributed by atoms with Gasteiger partial charge in [-0.1, -0.05) is 0 Å². The third-order valence-electron chi connectivity index (χ3n) is 3.32. The lowest BCUT2D eigenvalue weighted by Crippen LogP contribution is -2.29. The van der Waals surface area contributed by atoms with E-state index in [4.69, 9.17) is 9.84 Å². The Labute approximate surface area is 107 Å². The highest BCUT2D eigenvalue weighted by Crippen LogP contribution is 2.23. The van der Waals surface area contributed by atoms with Crippen molar-refractivity contribution in [3.8, 4) is 0 Å². The van der Waals surface area contributed by atoms with Gasteiger partial charge in [0.2, 0.25) is 10.0 Å². The predicted octanol–water partition coefficient (Wildman–Crippen LogP) is -0.0732. The van der Waals surface area contributed by atoms with Crippen LogP contribution in [0, 0.1) is 0 Å². The number of aliphatic hydroxyl groups excluding tert-OH is 1. The first-order valence-corrected chi connectivity index (χ1v) is 7.22. The van der Waals surface area contributed by atoms with Crippen LogP contribution >= 0.6 is 0 Å². The van der Waals surface area contributed by atoms with Crippen molar-refractivity contribution in [3.05, 3.63) is 18.0 Å². The molecule has 1 saturated heterocycles. The fourth-order valence-electron chi connectivity index (χ4n) is 2.13. The summed E-state index contributed by atoms with van der Waals surface area (Å²) in [5.74, 6) is 0. The molecule has 1 aliphatic heterocycles. The van der Waals surface area contributed by atoms with Gasteiger partial charge in [0.15, 0.2) is 0 Å². The summed E-state index contributed by atoms with van der Waals surface area (Å²) in [6.07, 6.45) is 2.22. The number of sulfonamides is 1. The Morgan fingerprint density at radius 2 is 2.28 bits per heavy atom. The molecule has 0 bridgehead atoms. The van der Waals surface area contributed by atoms with E-state index in [1.165, 1.54) is 16.6 Å². The molecule has 0 aromatic carbocycles. The maximum absolute atomic E-state index is 12.4. The zero-order valence-electron chi connectivity index (χ0n) is 10.5. The average molecular weight is 274 g/mol. The molecule has 1 aromatic rings. The Hall–Kier alpha value is -0.890. The van der Waals surface area contributed by atoms with E-state index < -0.39 is 10.0 Å². The molecule has 1 aliphatic rings. The van der Waals surface area contributed by atoms with Gasteiger partial charge in [0.1, 0.15) is 4.90 Å². The number of nitrogens with zero attached hydrogens (tertiary/aromatic N) is 2. The van der Waals surface area contributed by atoms with Crippen LogP contribution in [0.25, 0.3) is 0 Å². The Bertz CT molecular complexity index is 523. The van der Waals surface area contributed by atoms with E-state index in [1.54, 1.807) is 18.7 Å². The third kappa shape index (κ3) is 2.31. The summed E-state index contributed by atoms with van der Waals surface area (Å²) in [5.41, 5.74) is 0.580. The van der Waals surface area contributed by atoms with E-state index in [-0.39, 0.29) is 17.6 Å². The van der Waals surface area contributed by atoms with Crippen LogP contribution in [-0.2, 0) is 28.4 Å². The molecule has 0 spiro atoms. The van der Waals surface area contributed by atoms with Crippen molar-refractivity contribution in [1.82, 2.24) is 8.87 Å². The number of aromatic nitrogens is 1. The van der Waals surface area contributed by atoms with Gasteiger partial charge in [-0.3, -0.25) is 0 Å². The minimum absolute atomic E-state index is 0.0270. The summed E-state index contributed by atoms with van der Waals surface area (Å²) in [6, 6.07) is 1.51. The molecule has 0 aliphatic carbocycles. The lowest BCUT2D eigenvalue weighted by atomic mass is 10.3. The first-order chi connectivity index (χ1) is 8.48. The van der Waals surface area contributed by atoms with Gasteiger partial charge in [0, 0.05) is 39.1 Å². The van der Waals surface area contributed by atoms with Crippen molar-refractivity contribution in [2.24, 2.45) is 7.05 Å². The van der Waals surface area contributed by atoms with Gasteiger partial charge in [0.25, 0.3) is 0 Å². The van der Waals surface area contributed by atoms with Crippen LogP contribution in [-0.4, -0.2) is 48.7 Å². The Morgan fingerprint density at radius 3 is 2.78 bits per heavy atom. The predicted molar refractivity (Wildman–Crippen MR) is 65.5 cm³/mol. The molecule has 18 heavy (non-hydrogen) atoms. The second-order valence-electron chi connectivity index (χ2n) is 4.45.